The van der Waals surface area contributed by atoms with Crippen LogP contribution in [0.3, 0.4) is 0 Å². The van der Waals surface area contributed by atoms with Gasteiger partial charge in [-0.2, -0.15) is 0 Å². The first-order chi connectivity index (χ1) is 13.3. The Hall–Kier alpha value is -1.45. The standard InChI is InChI=1S/C24H34O4.CH4/c1-23-12-10-19-22(18(23)8-7-15(23)5-4-6-21(27)28-3)20(26)14-16-13-17(25)9-11-24(16,19)2;/h13,15,18-19,22H,4-12,14H2,1-3H3;1H4. The lowest BCUT2D eigenvalue weighted by Crippen LogP contribution is -2.54. The number of methoxy groups -OCH3 is 1. The Morgan fingerprint density at radius 3 is 2.62 bits per heavy atom. The van der Waals surface area contributed by atoms with E-state index in [4.69, 9.17) is 4.74 Å². The fourth-order valence-electron chi connectivity index (χ4n) is 7.44. The monoisotopic (exact) mass is 402 g/mol. The number of allylic oxidation sites excluding steroid dienone is 1. The van der Waals surface area contributed by atoms with Gasteiger partial charge in [0.25, 0.3) is 0 Å². The number of rotatable bonds is 4. The molecule has 0 radical (unpaired) electrons. The van der Waals surface area contributed by atoms with Crippen molar-refractivity contribution in [3.63, 3.8) is 0 Å². The molecule has 3 fully saturated rings. The first-order valence-electron chi connectivity index (χ1n) is 11.1. The summed E-state index contributed by atoms with van der Waals surface area (Å²) in [6.45, 7) is 4.73. The number of esters is 1. The maximum atomic E-state index is 13.3. The van der Waals surface area contributed by atoms with Crippen LogP contribution in [0.1, 0.15) is 85.5 Å². The van der Waals surface area contributed by atoms with E-state index in [1.165, 1.54) is 20.0 Å². The van der Waals surface area contributed by atoms with Crippen LogP contribution < -0.4 is 0 Å². The summed E-state index contributed by atoms with van der Waals surface area (Å²) in [4.78, 5) is 36.7. The lowest BCUT2D eigenvalue weighted by atomic mass is 9.46. The van der Waals surface area contributed by atoms with Gasteiger partial charge in [-0.1, -0.05) is 26.8 Å². The van der Waals surface area contributed by atoms with Crippen molar-refractivity contribution in [2.45, 2.75) is 85.5 Å². The summed E-state index contributed by atoms with van der Waals surface area (Å²) in [6.07, 6.45) is 10.9. The first kappa shape index (κ1) is 22.2. The second-order valence-electron chi connectivity index (χ2n) is 10.2. The highest BCUT2D eigenvalue weighted by molar-refractivity contribution is 5.95. The third-order valence-corrected chi connectivity index (χ3v) is 9.14. The average molecular weight is 403 g/mol. The van der Waals surface area contributed by atoms with Crippen LogP contribution in [0, 0.1) is 34.5 Å². The Kier molecular flexibility index (Phi) is 6.13. The van der Waals surface area contributed by atoms with E-state index in [2.05, 4.69) is 13.8 Å². The van der Waals surface area contributed by atoms with Crippen molar-refractivity contribution in [1.82, 2.24) is 0 Å². The summed E-state index contributed by atoms with van der Waals surface area (Å²) < 4.78 is 4.79. The van der Waals surface area contributed by atoms with E-state index in [0.717, 1.165) is 37.7 Å². The zero-order chi connectivity index (χ0) is 20.1. The van der Waals surface area contributed by atoms with Gasteiger partial charge in [-0.15, -0.1) is 0 Å². The molecular formula is C25H38O4. The summed E-state index contributed by atoms with van der Waals surface area (Å²) in [5.74, 6) is 2.11. The fraction of sp³-hybridized carbons (Fsp3) is 0.800. The van der Waals surface area contributed by atoms with Crippen LogP contribution in [0.25, 0.3) is 0 Å². The van der Waals surface area contributed by atoms with E-state index in [9.17, 15) is 14.4 Å². The average Bonchev–Trinajstić information content (AvgIpc) is 2.99. The molecule has 0 amide bonds. The molecule has 4 nitrogen and oxygen atoms in total. The topological polar surface area (TPSA) is 60.4 Å². The Bertz CT molecular complexity index is 722. The van der Waals surface area contributed by atoms with Gasteiger partial charge >= 0.3 is 5.97 Å². The molecule has 0 aromatic heterocycles. The van der Waals surface area contributed by atoms with Crippen molar-refractivity contribution < 1.29 is 19.1 Å². The number of ether oxygens (including phenoxy) is 1. The smallest absolute Gasteiger partial charge is 0.305 e. The molecular weight excluding hydrogens is 364 g/mol. The highest BCUT2D eigenvalue weighted by Gasteiger charge is 2.61. The number of carbonyl (C=O) groups is 3. The zero-order valence-electron chi connectivity index (χ0n) is 17.6. The van der Waals surface area contributed by atoms with Crippen molar-refractivity contribution in [2.75, 3.05) is 7.11 Å². The summed E-state index contributed by atoms with van der Waals surface area (Å²) in [5, 5.41) is 0. The van der Waals surface area contributed by atoms with Gasteiger partial charge in [0.15, 0.2) is 5.78 Å². The molecule has 4 aliphatic rings. The van der Waals surface area contributed by atoms with Crippen LogP contribution in [-0.2, 0) is 19.1 Å². The summed E-state index contributed by atoms with van der Waals surface area (Å²) in [7, 11) is 1.45. The minimum absolute atomic E-state index is 0. The molecule has 0 spiro atoms. The Morgan fingerprint density at radius 1 is 1.14 bits per heavy atom. The highest BCUT2D eigenvalue weighted by Crippen LogP contribution is 2.66. The number of ketones is 2. The minimum Gasteiger partial charge on any atom is -0.469 e. The summed E-state index contributed by atoms with van der Waals surface area (Å²) in [5.41, 5.74) is 1.37. The molecule has 6 unspecified atom stereocenters. The van der Waals surface area contributed by atoms with Gasteiger partial charge in [0.05, 0.1) is 7.11 Å². The highest BCUT2D eigenvalue weighted by atomic mass is 16.5. The maximum absolute atomic E-state index is 13.3. The van der Waals surface area contributed by atoms with Gasteiger partial charge in [-0.3, -0.25) is 14.4 Å². The van der Waals surface area contributed by atoms with Gasteiger partial charge < -0.3 is 4.74 Å². The molecule has 162 valence electrons. The Labute approximate surface area is 175 Å². The molecule has 0 saturated heterocycles. The van der Waals surface area contributed by atoms with Gasteiger partial charge in [-0.05, 0) is 79.6 Å². The summed E-state index contributed by atoms with van der Waals surface area (Å²) >= 11 is 0. The van der Waals surface area contributed by atoms with Crippen molar-refractivity contribution in [1.29, 1.82) is 0 Å². The van der Waals surface area contributed by atoms with E-state index < -0.39 is 0 Å². The third kappa shape index (κ3) is 3.51. The fourth-order valence-corrected chi connectivity index (χ4v) is 7.44. The number of Topliss-reactive ketones (excluding diaryl/α,β-unsaturated/α-hetero) is 1. The molecule has 0 aromatic rings. The first-order valence-corrected chi connectivity index (χ1v) is 11.1. The van der Waals surface area contributed by atoms with E-state index in [-0.39, 0.29) is 35.9 Å². The van der Waals surface area contributed by atoms with Gasteiger partial charge in [-0.25, -0.2) is 0 Å². The van der Waals surface area contributed by atoms with Crippen molar-refractivity contribution in [3.8, 4) is 0 Å². The van der Waals surface area contributed by atoms with Gasteiger partial charge in [0, 0.05) is 25.2 Å². The van der Waals surface area contributed by atoms with E-state index in [0.29, 0.717) is 42.8 Å². The number of carbonyl (C=O) groups excluding carboxylic acids is 3. The maximum Gasteiger partial charge on any atom is 0.305 e. The predicted molar refractivity (Wildman–Crippen MR) is 113 cm³/mol. The molecule has 0 heterocycles. The molecule has 0 aromatic carbocycles. The van der Waals surface area contributed by atoms with Crippen LogP contribution >= 0.6 is 0 Å². The largest absolute Gasteiger partial charge is 0.469 e. The lowest BCUT2D eigenvalue weighted by molar-refractivity contribution is -0.140. The number of fused-ring (bicyclic) bond motifs is 5. The van der Waals surface area contributed by atoms with E-state index in [1.807, 2.05) is 0 Å². The zero-order valence-corrected chi connectivity index (χ0v) is 17.6. The van der Waals surface area contributed by atoms with Crippen LogP contribution in [0.15, 0.2) is 11.6 Å². The van der Waals surface area contributed by atoms with Crippen molar-refractivity contribution in [3.05, 3.63) is 11.6 Å². The third-order valence-electron chi connectivity index (χ3n) is 9.14. The van der Waals surface area contributed by atoms with Crippen LogP contribution in [0.2, 0.25) is 0 Å². The molecule has 6 atom stereocenters. The van der Waals surface area contributed by atoms with Gasteiger partial charge in [0.2, 0.25) is 0 Å². The quantitative estimate of drug-likeness (QED) is 0.599. The van der Waals surface area contributed by atoms with Crippen molar-refractivity contribution >= 4 is 17.5 Å². The molecule has 0 N–H and O–H groups in total. The SMILES string of the molecule is C.COC(=O)CCCC1CCC2C3C(=O)CC4=CC(=O)CCC4(C)C3CCC12C. The molecule has 0 aliphatic heterocycles. The van der Waals surface area contributed by atoms with E-state index in [1.54, 1.807) is 6.08 Å². The molecule has 0 bridgehead atoms. The normalized spacial score (nSPS) is 40.9. The van der Waals surface area contributed by atoms with E-state index >= 15 is 0 Å². The van der Waals surface area contributed by atoms with Gasteiger partial charge in [0.1, 0.15) is 5.78 Å². The number of hydrogen-bond donors (Lipinski definition) is 0. The second kappa shape index (κ2) is 8.00. The molecule has 3 saturated carbocycles. The van der Waals surface area contributed by atoms with Crippen LogP contribution in [-0.4, -0.2) is 24.6 Å². The molecule has 4 aliphatic carbocycles. The second-order valence-corrected chi connectivity index (χ2v) is 10.2. The lowest BCUT2D eigenvalue weighted by Gasteiger charge is -2.57. The minimum atomic E-state index is -0.120. The summed E-state index contributed by atoms with van der Waals surface area (Å²) in [6, 6.07) is 0. The molecule has 4 heteroatoms. The molecule has 29 heavy (non-hydrogen) atoms. The number of hydrogen-bond acceptors (Lipinski definition) is 4. The van der Waals surface area contributed by atoms with Crippen LogP contribution in [0.4, 0.5) is 0 Å². The Morgan fingerprint density at radius 2 is 1.90 bits per heavy atom. The molecule has 4 rings (SSSR count). The van der Waals surface area contributed by atoms with Crippen LogP contribution in [0.5, 0.6) is 0 Å². The van der Waals surface area contributed by atoms with Crippen molar-refractivity contribution in [2.24, 2.45) is 34.5 Å². The Balaban J connectivity index is 0.00000240. The predicted octanol–water partition coefficient (Wildman–Crippen LogP) is 5.29.